The van der Waals surface area contributed by atoms with Crippen LogP contribution >= 0.6 is 0 Å². The van der Waals surface area contributed by atoms with Crippen molar-refractivity contribution in [3.05, 3.63) is 53.4 Å². The van der Waals surface area contributed by atoms with Crippen LogP contribution in [0.3, 0.4) is 0 Å². The molecular weight excluding hydrogens is 357 g/mol. The van der Waals surface area contributed by atoms with Crippen LogP contribution in [0.25, 0.3) is 5.57 Å². The lowest BCUT2D eigenvalue weighted by Crippen LogP contribution is -2.32. The van der Waals surface area contributed by atoms with E-state index >= 15 is 0 Å². The molecule has 1 aromatic heterocycles. The number of hydrogen-bond donors (Lipinski definition) is 2. The number of rotatable bonds is 5. The van der Waals surface area contributed by atoms with Gasteiger partial charge in [-0.2, -0.15) is 0 Å². The molecule has 3 N–H and O–H groups in total. The standard InChI is InChI=1S/C21H26FN5O/c1-13(23)20(14(2)28)18-11-19(24-17-8-4-7-16(22)10-17)26-21(25-18)15-6-5-9-27(3)12-15/h4,7-8,10-11,15H,5-6,9,12,23H2,1-3H3,(H,24,25,26)/b20-13+. The van der Waals surface area contributed by atoms with Crippen LogP contribution in [-0.4, -0.2) is 40.8 Å². The van der Waals surface area contributed by atoms with Crippen molar-refractivity contribution in [3.63, 3.8) is 0 Å². The summed E-state index contributed by atoms with van der Waals surface area (Å²) in [5.74, 6) is 0.859. The van der Waals surface area contributed by atoms with Crippen LogP contribution in [0.4, 0.5) is 15.9 Å². The lowest BCUT2D eigenvalue weighted by Gasteiger charge is -2.29. The SMILES string of the molecule is CC(=O)/C(=C(/C)N)c1cc(Nc2cccc(F)c2)nc(C2CCCN(C)C2)n1. The minimum atomic E-state index is -0.337. The fraction of sp³-hybridized carbons (Fsp3) is 0.381. The number of benzene rings is 1. The number of nitrogens with two attached hydrogens (primary N) is 1. The van der Waals surface area contributed by atoms with E-state index < -0.39 is 0 Å². The lowest BCUT2D eigenvalue weighted by molar-refractivity contribution is -0.111. The van der Waals surface area contributed by atoms with E-state index in [1.165, 1.54) is 19.1 Å². The number of hydrogen-bond acceptors (Lipinski definition) is 6. The van der Waals surface area contributed by atoms with Crippen molar-refractivity contribution in [3.8, 4) is 0 Å². The molecule has 0 aliphatic carbocycles. The minimum absolute atomic E-state index is 0.151. The van der Waals surface area contributed by atoms with Gasteiger partial charge in [-0.15, -0.1) is 0 Å². The molecule has 7 heteroatoms. The second kappa shape index (κ2) is 8.48. The molecule has 3 rings (SSSR count). The zero-order valence-electron chi connectivity index (χ0n) is 16.5. The maximum atomic E-state index is 13.6. The van der Waals surface area contributed by atoms with Crippen LogP contribution in [0.2, 0.25) is 0 Å². The van der Waals surface area contributed by atoms with Gasteiger partial charge in [0.1, 0.15) is 17.5 Å². The van der Waals surface area contributed by atoms with Crippen molar-refractivity contribution in [2.75, 3.05) is 25.5 Å². The van der Waals surface area contributed by atoms with Gasteiger partial charge in [0.25, 0.3) is 0 Å². The van der Waals surface area contributed by atoms with Gasteiger partial charge in [-0.25, -0.2) is 14.4 Å². The van der Waals surface area contributed by atoms with Gasteiger partial charge in [0.15, 0.2) is 5.78 Å². The third-order valence-corrected chi connectivity index (χ3v) is 4.83. The maximum absolute atomic E-state index is 13.6. The van der Waals surface area contributed by atoms with Gasteiger partial charge in [-0.05, 0) is 58.5 Å². The highest BCUT2D eigenvalue weighted by Crippen LogP contribution is 2.28. The normalized spacial score (nSPS) is 18.5. The van der Waals surface area contributed by atoms with Gasteiger partial charge in [-0.1, -0.05) is 6.07 Å². The van der Waals surface area contributed by atoms with Gasteiger partial charge in [0, 0.05) is 29.9 Å². The van der Waals surface area contributed by atoms with Gasteiger partial charge in [-0.3, -0.25) is 4.79 Å². The summed E-state index contributed by atoms with van der Waals surface area (Å²) < 4.78 is 13.6. The first-order valence-corrected chi connectivity index (χ1v) is 9.41. The van der Waals surface area contributed by atoms with Gasteiger partial charge < -0.3 is 16.0 Å². The molecule has 1 saturated heterocycles. The monoisotopic (exact) mass is 383 g/mol. The molecule has 1 aliphatic rings. The van der Waals surface area contributed by atoms with Crippen molar-refractivity contribution in [1.82, 2.24) is 14.9 Å². The van der Waals surface area contributed by atoms with Crippen LogP contribution in [0.15, 0.2) is 36.0 Å². The summed E-state index contributed by atoms with van der Waals surface area (Å²) in [7, 11) is 2.08. The Labute approximate surface area is 164 Å². The number of nitrogens with one attached hydrogen (secondary N) is 1. The zero-order valence-corrected chi connectivity index (χ0v) is 16.5. The van der Waals surface area contributed by atoms with Crippen molar-refractivity contribution in [1.29, 1.82) is 0 Å². The Morgan fingerprint density at radius 3 is 2.71 bits per heavy atom. The predicted octanol–water partition coefficient (Wildman–Crippen LogP) is 3.45. The van der Waals surface area contributed by atoms with E-state index in [0.717, 1.165) is 25.9 Å². The summed E-state index contributed by atoms with van der Waals surface area (Å²) in [5.41, 5.74) is 7.83. The number of aromatic nitrogens is 2. The average molecular weight is 383 g/mol. The number of anilines is 2. The Kier molecular flexibility index (Phi) is 6.04. The third kappa shape index (κ3) is 4.72. The smallest absolute Gasteiger partial charge is 0.163 e. The molecule has 0 spiro atoms. The van der Waals surface area contributed by atoms with E-state index in [1.807, 2.05) is 0 Å². The largest absolute Gasteiger partial charge is 0.402 e. The summed E-state index contributed by atoms with van der Waals surface area (Å²) in [4.78, 5) is 23.8. The number of Topliss-reactive ketones (excluding diaryl/α,β-unsaturated/α-hetero) is 1. The molecule has 0 saturated carbocycles. The Hall–Kier alpha value is -2.80. The van der Waals surface area contributed by atoms with E-state index in [4.69, 9.17) is 5.73 Å². The van der Waals surface area contributed by atoms with Crippen molar-refractivity contribution < 1.29 is 9.18 Å². The van der Waals surface area contributed by atoms with Crippen LogP contribution in [0, 0.1) is 5.82 Å². The Morgan fingerprint density at radius 2 is 2.07 bits per heavy atom. The molecule has 1 atom stereocenters. The van der Waals surface area contributed by atoms with Crippen LogP contribution in [-0.2, 0) is 4.79 Å². The molecule has 0 bridgehead atoms. The Morgan fingerprint density at radius 1 is 1.29 bits per heavy atom. The molecule has 0 radical (unpaired) electrons. The van der Waals surface area contributed by atoms with Crippen LogP contribution < -0.4 is 11.1 Å². The molecule has 148 valence electrons. The number of carbonyl (C=O) groups excluding carboxylic acids is 1. The molecule has 2 heterocycles. The Bertz CT molecular complexity index is 907. The first-order chi connectivity index (χ1) is 13.3. The van der Waals surface area contributed by atoms with Gasteiger partial charge in [0.05, 0.1) is 11.3 Å². The molecule has 2 aromatic rings. The highest BCUT2D eigenvalue weighted by atomic mass is 19.1. The zero-order chi connectivity index (χ0) is 20.3. The molecule has 1 unspecified atom stereocenters. The van der Waals surface area contributed by atoms with Crippen molar-refractivity contribution in [2.45, 2.75) is 32.6 Å². The molecular formula is C21H26FN5O. The number of piperidine rings is 1. The Balaban J connectivity index is 2.05. The molecule has 28 heavy (non-hydrogen) atoms. The number of allylic oxidation sites excluding steroid dienone is 2. The van der Waals surface area contributed by atoms with Crippen LogP contribution in [0.5, 0.6) is 0 Å². The topological polar surface area (TPSA) is 84.1 Å². The van der Waals surface area contributed by atoms with E-state index in [1.54, 1.807) is 25.1 Å². The van der Waals surface area contributed by atoms with E-state index in [-0.39, 0.29) is 17.5 Å². The molecule has 1 aliphatic heterocycles. The minimum Gasteiger partial charge on any atom is -0.402 e. The number of ketones is 1. The number of likely N-dealkylation sites (N-methyl/N-ethyl adjacent to an activating group) is 1. The third-order valence-electron chi connectivity index (χ3n) is 4.83. The average Bonchev–Trinajstić information content (AvgIpc) is 2.61. The van der Waals surface area contributed by atoms with E-state index in [0.29, 0.717) is 34.3 Å². The lowest BCUT2D eigenvalue weighted by atomic mass is 9.97. The molecule has 1 fully saturated rings. The van der Waals surface area contributed by atoms with Crippen molar-refractivity contribution >= 4 is 22.9 Å². The van der Waals surface area contributed by atoms with Gasteiger partial charge in [0.2, 0.25) is 0 Å². The fourth-order valence-electron chi connectivity index (χ4n) is 3.59. The number of nitrogens with zero attached hydrogens (tertiary/aromatic N) is 3. The number of halogens is 1. The summed E-state index contributed by atoms with van der Waals surface area (Å²) in [6.07, 6.45) is 2.04. The van der Waals surface area contributed by atoms with Gasteiger partial charge >= 0.3 is 0 Å². The fourth-order valence-corrected chi connectivity index (χ4v) is 3.59. The van der Waals surface area contributed by atoms with E-state index in [9.17, 15) is 9.18 Å². The van der Waals surface area contributed by atoms with Crippen LogP contribution in [0.1, 0.15) is 44.1 Å². The second-order valence-corrected chi connectivity index (χ2v) is 7.35. The highest BCUT2D eigenvalue weighted by Gasteiger charge is 2.24. The summed E-state index contributed by atoms with van der Waals surface area (Å²) in [6, 6.07) is 7.85. The molecule has 6 nitrogen and oxygen atoms in total. The summed E-state index contributed by atoms with van der Waals surface area (Å²) in [5, 5.41) is 3.13. The number of likely N-dealkylation sites (tertiary alicyclic amines) is 1. The summed E-state index contributed by atoms with van der Waals surface area (Å²) >= 11 is 0. The maximum Gasteiger partial charge on any atom is 0.163 e. The predicted molar refractivity (Wildman–Crippen MR) is 109 cm³/mol. The molecule has 1 aromatic carbocycles. The first kappa shape index (κ1) is 19.9. The number of carbonyl (C=O) groups is 1. The summed E-state index contributed by atoms with van der Waals surface area (Å²) in [6.45, 7) is 5.06. The van der Waals surface area contributed by atoms with Crippen molar-refractivity contribution in [2.24, 2.45) is 5.73 Å². The quantitative estimate of drug-likeness (QED) is 0.770. The second-order valence-electron chi connectivity index (χ2n) is 7.35. The highest BCUT2D eigenvalue weighted by molar-refractivity contribution is 6.19. The first-order valence-electron chi connectivity index (χ1n) is 9.41. The van der Waals surface area contributed by atoms with E-state index in [2.05, 4.69) is 27.2 Å². The molecule has 0 amide bonds.